The molecule has 2 aliphatic heterocycles. The molecule has 0 saturated carbocycles. The van der Waals surface area contributed by atoms with Gasteiger partial charge in [-0.15, -0.1) is 0 Å². The molecule has 10 nitrogen and oxygen atoms in total. The smallest absolute Gasteiger partial charge is 0.246 e. The van der Waals surface area contributed by atoms with Crippen molar-refractivity contribution < 1.29 is 14.3 Å². The summed E-state index contributed by atoms with van der Waals surface area (Å²) in [5, 5.41) is 9.43. The molecule has 0 atom stereocenters. The Morgan fingerprint density at radius 3 is 2.56 bits per heavy atom. The molecule has 1 saturated heterocycles. The summed E-state index contributed by atoms with van der Waals surface area (Å²) < 4.78 is 11.9. The lowest BCUT2D eigenvalue weighted by Crippen LogP contribution is -2.48. The number of pyridine rings is 1. The molecule has 3 heterocycles. The van der Waals surface area contributed by atoms with E-state index in [4.69, 9.17) is 19.5 Å². The van der Waals surface area contributed by atoms with E-state index in [0.29, 0.717) is 54.9 Å². The van der Waals surface area contributed by atoms with Gasteiger partial charge in [0, 0.05) is 56.6 Å². The summed E-state index contributed by atoms with van der Waals surface area (Å²) in [7, 11) is 1.65. The number of hydrogen-bond donors (Lipinski definition) is 1. The Morgan fingerprint density at radius 1 is 1.13 bits per heavy atom. The molecule has 0 unspecified atom stereocenters. The van der Waals surface area contributed by atoms with Crippen LogP contribution in [0.5, 0.6) is 11.5 Å². The van der Waals surface area contributed by atoms with Crippen molar-refractivity contribution in [2.75, 3.05) is 43.5 Å². The molecule has 0 aliphatic carbocycles. The Kier molecular flexibility index (Phi) is 11.3. The van der Waals surface area contributed by atoms with Crippen LogP contribution in [0.3, 0.4) is 0 Å². The summed E-state index contributed by atoms with van der Waals surface area (Å²) in [6, 6.07) is 7.89. The van der Waals surface area contributed by atoms with E-state index in [1.54, 1.807) is 23.2 Å². The number of amidine groups is 1. The fraction of sp³-hybridized carbons (Fsp3) is 0.314. The van der Waals surface area contributed by atoms with E-state index in [1.165, 1.54) is 6.08 Å². The maximum absolute atomic E-state index is 12.1. The van der Waals surface area contributed by atoms with Gasteiger partial charge < -0.3 is 24.6 Å². The van der Waals surface area contributed by atoms with E-state index in [-0.39, 0.29) is 5.91 Å². The second-order valence-corrected chi connectivity index (χ2v) is 10.6. The Morgan fingerprint density at radius 2 is 1.91 bits per heavy atom. The number of aryl methyl sites for hydroxylation is 2. The molecule has 1 N–H and O–H groups in total. The Labute approximate surface area is 266 Å². The minimum atomic E-state index is -0.0610. The Bertz CT molecular complexity index is 1560. The highest BCUT2D eigenvalue weighted by atomic mass is 16.5. The van der Waals surface area contributed by atoms with Crippen molar-refractivity contribution in [2.24, 2.45) is 10.1 Å². The molecule has 45 heavy (non-hydrogen) atoms. The van der Waals surface area contributed by atoms with Gasteiger partial charge in [0.05, 0.1) is 12.8 Å². The van der Waals surface area contributed by atoms with Gasteiger partial charge in [-0.1, -0.05) is 32.6 Å². The van der Waals surface area contributed by atoms with Crippen molar-refractivity contribution in [3.8, 4) is 11.5 Å². The molecular weight excluding hydrogens is 566 g/mol. The maximum Gasteiger partial charge on any atom is 0.246 e. The molecule has 4 rings (SSSR count). The highest BCUT2D eigenvalue weighted by Crippen LogP contribution is 2.31. The lowest BCUT2D eigenvalue weighted by atomic mass is 10.1. The largest absolute Gasteiger partial charge is 0.493 e. The quantitative estimate of drug-likeness (QED) is 0.181. The van der Waals surface area contributed by atoms with E-state index in [9.17, 15) is 4.79 Å². The zero-order chi connectivity index (χ0) is 32.3. The average Bonchev–Trinajstić information content (AvgIpc) is 3.04. The number of rotatable bonds is 11. The topological polar surface area (TPSA) is 94.9 Å². The number of hydrazone groups is 1. The predicted molar refractivity (Wildman–Crippen MR) is 183 cm³/mol. The number of benzene rings is 1. The number of carbonyl (C=O) groups excluding carboxylic acids is 1. The number of unbranched alkanes of at least 4 members (excludes halogenated alkanes) is 1. The summed E-state index contributed by atoms with van der Waals surface area (Å²) >= 11 is 0. The van der Waals surface area contributed by atoms with E-state index < -0.39 is 0 Å². The number of ether oxygens (including phenoxy) is 2. The zero-order valence-electron chi connectivity index (χ0n) is 26.9. The SMILES string of the molecule is C=CC(=O)N1CCN(c2nc(C(=N/C=C/CCC)Nc3ccc(OC4=CC(=C)N(/N=C\C)C=C4)c(C)c3)c(C)cc2OC)CC1. The Hall–Kier alpha value is -5.12. The first-order valence-corrected chi connectivity index (χ1v) is 15.1. The molecule has 1 amide bonds. The van der Waals surface area contributed by atoms with E-state index in [0.717, 1.165) is 41.2 Å². The second kappa shape index (κ2) is 15.6. The van der Waals surface area contributed by atoms with Gasteiger partial charge in [-0.3, -0.25) is 4.79 Å². The fourth-order valence-corrected chi connectivity index (χ4v) is 4.91. The molecule has 2 aliphatic rings. The summed E-state index contributed by atoms with van der Waals surface area (Å²) in [5.41, 5.74) is 4.14. The van der Waals surface area contributed by atoms with Gasteiger partial charge in [-0.25, -0.2) is 15.0 Å². The van der Waals surface area contributed by atoms with Crippen LogP contribution in [0, 0.1) is 13.8 Å². The number of nitrogens with one attached hydrogen (secondary N) is 1. The third-order valence-corrected chi connectivity index (χ3v) is 7.32. The van der Waals surface area contributed by atoms with Crippen LogP contribution < -0.4 is 19.7 Å². The van der Waals surface area contributed by atoms with Gasteiger partial charge in [0.1, 0.15) is 17.2 Å². The summed E-state index contributed by atoms with van der Waals surface area (Å²) in [6.07, 6.45) is 14.4. The highest BCUT2D eigenvalue weighted by Gasteiger charge is 2.25. The van der Waals surface area contributed by atoms with Crippen LogP contribution in [-0.4, -0.2) is 66.1 Å². The van der Waals surface area contributed by atoms with Gasteiger partial charge in [0.15, 0.2) is 17.4 Å². The van der Waals surface area contributed by atoms with Crippen LogP contribution in [0.15, 0.2) is 95.7 Å². The van der Waals surface area contributed by atoms with Crippen LogP contribution in [0.25, 0.3) is 0 Å². The van der Waals surface area contributed by atoms with Gasteiger partial charge in [0.25, 0.3) is 0 Å². The van der Waals surface area contributed by atoms with Gasteiger partial charge in [-0.05, 0) is 74.7 Å². The molecule has 0 radical (unpaired) electrons. The fourth-order valence-electron chi connectivity index (χ4n) is 4.91. The number of allylic oxidation sites excluding steroid dienone is 3. The molecule has 1 aromatic heterocycles. The molecular formula is C35H43N7O3. The van der Waals surface area contributed by atoms with Crippen molar-refractivity contribution in [2.45, 2.75) is 40.5 Å². The number of aliphatic imine (C=N–C) groups is 1. The third-order valence-electron chi connectivity index (χ3n) is 7.32. The van der Waals surface area contributed by atoms with E-state index in [1.807, 2.05) is 75.7 Å². The van der Waals surface area contributed by atoms with Crippen LogP contribution in [0.2, 0.25) is 0 Å². The van der Waals surface area contributed by atoms with Gasteiger partial charge in [0.2, 0.25) is 5.91 Å². The number of amides is 1. The molecule has 1 aromatic carbocycles. The number of aromatic nitrogens is 1. The number of nitrogens with zero attached hydrogens (tertiary/aromatic N) is 6. The van der Waals surface area contributed by atoms with E-state index in [2.05, 4.69) is 35.4 Å². The van der Waals surface area contributed by atoms with Crippen molar-refractivity contribution >= 4 is 29.5 Å². The molecule has 0 bridgehead atoms. The standard InChI is InChI=1S/C35H43N7O3/c1-8-11-12-16-36-34(33-26(5)23-31(44-7)35(39-33)41-20-18-40(19-21-41)32(43)9-2)38-28-13-14-30(25(4)22-28)45-29-15-17-42(37-10-3)27(6)24-29/h9-10,12-17,22-24H,2,6,8,11,18-21H2,1,3-5,7H3,(H,36,38)/b16-12+,37-10-. The number of hydrogen-bond acceptors (Lipinski definition) is 8. The minimum Gasteiger partial charge on any atom is -0.493 e. The number of methoxy groups -OCH3 is 1. The van der Waals surface area contributed by atoms with Crippen LogP contribution in [-0.2, 0) is 4.79 Å². The van der Waals surface area contributed by atoms with Crippen molar-refractivity contribution in [1.29, 1.82) is 0 Å². The van der Waals surface area contributed by atoms with Gasteiger partial charge in [-0.2, -0.15) is 5.10 Å². The lowest BCUT2D eigenvalue weighted by Gasteiger charge is -2.35. The first kappa shape index (κ1) is 32.8. The Balaban J connectivity index is 1.60. The van der Waals surface area contributed by atoms with Crippen LogP contribution in [0.4, 0.5) is 11.5 Å². The average molecular weight is 610 g/mol. The van der Waals surface area contributed by atoms with E-state index >= 15 is 0 Å². The third kappa shape index (κ3) is 8.29. The lowest BCUT2D eigenvalue weighted by molar-refractivity contribution is -0.126. The number of anilines is 2. The van der Waals surface area contributed by atoms with Gasteiger partial charge >= 0.3 is 0 Å². The normalized spacial score (nSPS) is 15.6. The molecule has 10 heteroatoms. The monoisotopic (exact) mass is 609 g/mol. The van der Waals surface area contributed by atoms with Crippen LogP contribution in [0.1, 0.15) is 43.5 Å². The minimum absolute atomic E-state index is 0.0610. The summed E-state index contributed by atoms with van der Waals surface area (Å²) in [5.74, 6) is 3.35. The zero-order valence-corrected chi connectivity index (χ0v) is 26.9. The molecule has 236 valence electrons. The van der Waals surface area contributed by atoms with Crippen molar-refractivity contribution in [3.05, 3.63) is 102 Å². The molecule has 1 fully saturated rings. The first-order chi connectivity index (χ1) is 21.8. The number of carbonyl (C=O) groups is 1. The predicted octanol–water partition coefficient (Wildman–Crippen LogP) is 6.33. The molecule has 0 spiro atoms. The summed E-state index contributed by atoms with van der Waals surface area (Å²) in [4.78, 5) is 26.0. The summed E-state index contributed by atoms with van der Waals surface area (Å²) in [6.45, 7) is 18.1. The molecule has 2 aromatic rings. The maximum atomic E-state index is 12.1. The number of piperazine rings is 1. The van der Waals surface area contributed by atoms with Crippen molar-refractivity contribution in [3.63, 3.8) is 0 Å². The van der Waals surface area contributed by atoms with Crippen LogP contribution >= 0.6 is 0 Å². The first-order valence-electron chi connectivity index (χ1n) is 15.1. The van der Waals surface area contributed by atoms with Crippen molar-refractivity contribution in [1.82, 2.24) is 14.9 Å². The highest BCUT2D eigenvalue weighted by molar-refractivity contribution is 6.08. The second-order valence-electron chi connectivity index (χ2n) is 10.6.